The molecule has 0 aliphatic heterocycles. The van der Waals surface area contributed by atoms with Crippen molar-refractivity contribution in [3.63, 3.8) is 0 Å². The van der Waals surface area contributed by atoms with Gasteiger partial charge in [-0.05, 0) is 121 Å². The standard InChI is InChI=1S/C46H32/c1-46(2,3)37-25-35-14-9-30-16-20-39(41-22-18-36(26-37)43(35)45(30)41)34-13-11-31-23-33(12-10-32(31)24-34)38-19-15-29-8-7-27-5-4-6-28-17-21-40(38)44(29)42(27)28/h4-26H,1-3H3. The summed E-state index contributed by atoms with van der Waals surface area (Å²) in [4.78, 5) is 0. The number of hydrogen-bond donors (Lipinski definition) is 0. The zero-order chi connectivity index (χ0) is 30.7. The fourth-order valence-corrected chi connectivity index (χ4v) is 8.07. The zero-order valence-electron chi connectivity index (χ0n) is 26.3. The lowest BCUT2D eigenvalue weighted by atomic mass is 9.82. The Bertz CT molecular complexity index is 2790. The maximum Gasteiger partial charge on any atom is -0.00206 e. The third kappa shape index (κ3) is 3.62. The van der Waals surface area contributed by atoms with Crippen LogP contribution in [0.3, 0.4) is 0 Å². The molecule has 0 aliphatic rings. The Balaban J connectivity index is 1.12. The van der Waals surface area contributed by atoms with Gasteiger partial charge in [0, 0.05) is 0 Å². The van der Waals surface area contributed by atoms with Crippen LogP contribution in [-0.2, 0) is 5.41 Å². The number of benzene rings is 10. The van der Waals surface area contributed by atoms with E-state index in [9.17, 15) is 0 Å². The van der Waals surface area contributed by atoms with Crippen molar-refractivity contribution in [3.8, 4) is 22.3 Å². The molecule has 0 N–H and O–H groups in total. The minimum atomic E-state index is 0.112. The van der Waals surface area contributed by atoms with E-state index in [-0.39, 0.29) is 5.41 Å². The molecule has 0 fully saturated rings. The fraction of sp³-hybridized carbons (Fsp3) is 0.0870. The molecule has 0 aliphatic carbocycles. The van der Waals surface area contributed by atoms with Crippen molar-refractivity contribution >= 4 is 75.4 Å². The highest BCUT2D eigenvalue weighted by Crippen LogP contribution is 2.43. The molecule has 0 atom stereocenters. The van der Waals surface area contributed by atoms with Gasteiger partial charge in [0.2, 0.25) is 0 Å². The van der Waals surface area contributed by atoms with Crippen LogP contribution in [0.4, 0.5) is 0 Å². The van der Waals surface area contributed by atoms with Crippen LogP contribution in [0, 0.1) is 0 Å². The van der Waals surface area contributed by atoms with E-state index in [1.165, 1.54) is 103 Å². The molecule has 10 rings (SSSR count). The highest BCUT2D eigenvalue weighted by Gasteiger charge is 2.18. The summed E-state index contributed by atoms with van der Waals surface area (Å²) in [6.45, 7) is 6.89. The van der Waals surface area contributed by atoms with E-state index in [0.29, 0.717) is 0 Å². The quantitative estimate of drug-likeness (QED) is 0.177. The zero-order valence-corrected chi connectivity index (χ0v) is 26.3. The van der Waals surface area contributed by atoms with E-state index in [1.807, 2.05) is 0 Å². The first-order valence-electron chi connectivity index (χ1n) is 16.3. The average Bonchev–Trinajstić information content (AvgIpc) is 3.08. The van der Waals surface area contributed by atoms with Gasteiger partial charge in [-0.15, -0.1) is 0 Å². The molecular formula is C46H32. The van der Waals surface area contributed by atoms with Crippen LogP contribution in [0.15, 0.2) is 140 Å². The van der Waals surface area contributed by atoms with Crippen molar-refractivity contribution in [1.29, 1.82) is 0 Å². The Morgan fingerprint density at radius 2 is 0.717 bits per heavy atom. The van der Waals surface area contributed by atoms with E-state index in [4.69, 9.17) is 0 Å². The second-order valence-corrected chi connectivity index (χ2v) is 14.2. The summed E-state index contributed by atoms with van der Waals surface area (Å²) in [5.41, 5.74) is 6.60. The third-order valence-electron chi connectivity index (χ3n) is 10.5. The predicted octanol–water partition coefficient (Wildman–Crippen LogP) is 13.3. The van der Waals surface area contributed by atoms with Gasteiger partial charge < -0.3 is 0 Å². The van der Waals surface area contributed by atoms with Crippen LogP contribution in [0.2, 0.25) is 0 Å². The SMILES string of the molecule is CC(C)(C)c1cc2ccc3ccc(-c4ccc5cc(-c6ccc7ccc8cccc9ccc6c7c89)ccc5c4)c4ccc(c1)c2c34. The fourth-order valence-electron chi connectivity index (χ4n) is 8.07. The Hall–Kier alpha value is -5.46. The molecule has 0 amide bonds. The smallest absolute Gasteiger partial charge is 0.00206 e. The minimum Gasteiger partial charge on any atom is -0.0610 e. The van der Waals surface area contributed by atoms with Gasteiger partial charge in [-0.2, -0.15) is 0 Å². The number of hydrogen-bond acceptors (Lipinski definition) is 0. The van der Waals surface area contributed by atoms with Gasteiger partial charge in [0.25, 0.3) is 0 Å². The molecule has 0 heteroatoms. The molecular weight excluding hydrogens is 553 g/mol. The molecule has 0 heterocycles. The van der Waals surface area contributed by atoms with Crippen molar-refractivity contribution in [1.82, 2.24) is 0 Å². The van der Waals surface area contributed by atoms with Crippen molar-refractivity contribution in [2.75, 3.05) is 0 Å². The lowest BCUT2D eigenvalue weighted by Gasteiger charge is -2.22. The molecule has 10 aromatic carbocycles. The van der Waals surface area contributed by atoms with Crippen LogP contribution in [0.1, 0.15) is 26.3 Å². The van der Waals surface area contributed by atoms with Crippen LogP contribution in [0.25, 0.3) is 97.7 Å². The molecule has 0 saturated carbocycles. The summed E-state index contributed by atoms with van der Waals surface area (Å²) in [6, 6.07) is 52.9. The molecule has 0 spiro atoms. The average molecular weight is 585 g/mol. The van der Waals surface area contributed by atoms with E-state index in [2.05, 4.69) is 160 Å². The maximum atomic E-state index is 2.39. The van der Waals surface area contributed by atoms with E-state index >= 15 is 0 Å². The van der Waals surface area contributed by atoms with E-state index < -0.39 is 0 Å². The molecule has 0 unspecified atom stereocenters. The Morgan fingerprint density at radius 3 is 1.24 bits per heavy atom. The Morgan fingerprint density at radius 1 is 0.326 bits per heavy atom. The van der Waals surface area contributed by atoms with Crippen molar-refractivity contribution in [2.45, 2.75) is 26.2 Å². The first kappa shape index (κ1) is 25.8. The largest absolute Gasteiger partial charge is 0.0610 e. The van der Waals surface area contributed by atoms with Gasteiger partial charge >= 0.3 is 0 Å². The second-order valence-electron chi connectivity index (χ2n) is 14.2. The number of rotatable bonds is 2. The Kier molecular flexibility index (Phi) is 5.08. The van der Waals surface area contributed by atoms with Gasteiger partial charge in [0.1, 0.15) is 0 Å². The Labute approximate surface area is 268 Å². The van der Waals surface area contributed by atoms with Crippen molar-refractivity contribution in [2.24, 2.45) is 0 Å². The summed E-state index contributed by atoms with van der Waals surface area (Å²) < 4.78 is 0. The highest BCUT2D eigenvalue weighted by atomic mass is 14.2. The molecule has 0 nitrogen and oxygen atoms in total. The first-order valence-corrected chi connectivity index (χ1v) is 16.3. The molecule has 0 aromatic heterocycles. The van der Waals surface area contributed by atoms with Gasteiger partial charge in [-0.3, -0.25) is 0 Å². The second kappa shape index (κ2) is 9.05. The summed E-state index contributed by atoms with van der Waals surface area (Å²) in [6.07, 6.45) is 0. The topological polar surface area (TPSA) is 0 Å². The lowest BCUT2D eigenvalue weighted by Crippen LogP contribution is -2.10. The molecule has 0 saturated heterocycles. The van der Waals surface area contributed by atoms with Crippen molar-refractivity contribution < 1.29 is 0 Å². The van der Waals surface area contributed by atoms with Crippen LogP contribution >= 0.6 is 0 Å². The van der Waals surface area contributed by atoms with E-state index in [0.717, 1.165) is 0 Å². The molecule has 0 radical (unpaired) electrons. The van der Waals surface area contributed by atoms with Gasteiger partial charge in [0.15, 0.2) is 0 Å². The van der Waals surface area contributed by atoms with Gasteiger partial charge in [0.05, 0.1) is 0 Å². The molecule has 46 heavy (non-hydrogen) atoms. The van der Waals surface area contributed by atoms with Gasteiger partial charge in [-0.1, -0.05) is 148 Å². The molecule has 216 valence electrons. The van der Waals surface area contributed by atoms with Gasteiger partial charge in [-0.25, -0.2) is 0 Å². The predicted molar refractivity (Wildman–Crippen MR) is 201 cm³/mol. The van der Waals surface area contributed by atoms with E-state index in [1.54, 1.807) is 0 Å². The summed E-state index contributed by atoms with van der Waals surface area (Å²) >= 11 is 0. The summed E-state index contributed by atoms with van der Waals surface area (Å²) in [7, 11) is 0. The highest BCUT2D eigenvalue weighted by molar-refractivity contribution is 6.27. The minimum absolute atomic E-state index is 0.112. The van der Waals surface area contributed by atoms with Crippen LogP contribution in [0.5, 0.6) is 0 Å². The maximum absolute atomic E-state index is 2.39. The molecule has 0 bridgehead atoms. The normalized spacial score (nSPS) is 12.7. The van der Waals surface area contributed by atoms with Crippen LogP contribution in [-0.4, -0.2) is 0 Å². The van der Waals surface area contributed by atoms with Crippen molar-refractivity contribution in [3.05, 3.63) is 145 Å². The molecule has 10 aromatic rings. The first-order chi connectivity index (χ1) is 22.4. The monoisotopic (exact) mass is 584 g/mol. The summed E-state index contributed by atoms with van der Waals surface area (Å²) in [5.74, 6) is 0. The summed E-state index contributed by atoms with van der Waals surface area (Å²) in [5, 5.41) is 18.5. The lowest BCUT2D eigenvalue weighted by molar-refractivity contribution is 0.591. The number of fused-ring (bicyclic) bond motifs is 1. The third-order valence-corrected chi connectivity index (χ3v) is 10.5. The van der Waals surface area contributed by atoms with Crippen LogP contribution < -0.4 is 0 Å².